The van der Waals surface area contributed by atoms with Crippen molar-refractivity contribution in [3.8, 4) is 0 Å². The molecule has 1 saturated carbocycles. The normalized spacial score (nSPS) is 26.0. The zero-order valence-electron chi connectivity index (χ0n) is 12.3. The number of hydrogen-bond donors (Lipinski definition) is 2. The third-order valence-corrected chi connectivity index (χ3v) is 4.06. The van der Waals surface area contributed by atoms with Gasteiger partial charge in [0.1, 0.15) is 5.82 Å². The standard InChI is InChI=1S/C17H22FNO2/c1-13-4-3-9-17(11-13,12-20)19-16(21)8-7-14-5-2-6-15(18)10-14/h2,5-8,10,13,20H,3-4,9,11-12H2,1H3,(H,19,21). The second-order valence-electron chi connectivity index (χ2n) is 6.02. The fourth-order valence-electron chi connectivity index (χ4n) is 3.04. The number of carbonyl (C=O) groups excluding carboxylic acids is 1. The molecule has 2 rings (SSSR count). The highest BCUT2D eigenvalue weighted by Crippen LogP contribution is 2.31. The molecule has 3 nitrogen and oxygen atoms in total. The maximum Gasteiger partial charge on any atom is 0.244 e. The van der Waals surface area contributed by atoms with Crippen LogP contribution in [0.4, 0.5) is 4.39 Å². The summed E-state index contributed by atoms with van der Waals surface area (Å²) in [6, 6.07) is 6.07. The second-order valence-corrected chi connectivity index (χ2v) is 6.02. The van der Waals surface area contributed by atoms with Crippen LogP contribution in [0.25, 0.3) is 6.08 Å². The molecule has 0 bridgehead atoms. The molecule has 0 heterocycles. The van der Waals surface area contributed by atoms with Gasteiger partial charge in [0.15, 0.2) is 0 Å². The van der Waals surface area contributed by atoms with Crippen molar-refractivity contribution in [2.24, 2.45) is 5.92 Å². The van der Waals surface area contributed by atoms with Crippen LogP contribution in [0.5, 0.6) is 0 Å². The number of halogens is 1. The first kappa shape index (κ1) is 15.7. The lowest BCUT2D eigenvalue weighted by Crippen LogP contribution is -2.53. The minimum atomic E-state index is -0.513. The van der Waals surface area contributed by atoms with Crippen molar-refractivity contribution in [3.05, 3.63) is 41.7 Å². The van der Waals surface area contributed by atoms with Crippen LogP contribution in [-0.2, 0) is 4.79 Å². The van der Waals surface area contributed by atoms with E-state index in [2.05, 4.69) is 12.2 Å². The third kappa shape index (κ3) is 4.39. The summed E-state index contributed by atoms with van der Waals surface area (Å²) >= 11 is 0. The van der Waals surface area contributed by atoms with E-state index in [0.29, 0.717) is 11.5 Å². The maximum atomic E-state index is 13.1. The Kier molecular flexibility index (Phi) is 5.12. The maximum absolute atomic E-state index is 13.1. The molecule has 2 atom stereocenters. The predicted molar refractivity (Wildman–Crippen MR) is 81.0 cm³/mol. The van der Waals surface area contributed by atoms with Gasteiger partial charge in [0, 0.05) is 6.08 Å². The van der Waals surface area contributed by atoms with Gasteiger partial charge in [-0.05, 0) is 42.5 Å². The summed E-state index contributed by atoms with van der Waals surface area (Å²) in [6.45, 7) is 2.09. The van der Waals surface area contributed by atoms with Gasteiger partial charge < -0.3 is 10.4 Å². The zero-order valence-corrected chi connectivity index (χ0v) is 12.3. The van der Waals surface area contributed by atoms with E-state index < -0.39 is 5.54 Å². The lowest BCUT2D eigenvalue weighted by molar-refractivity contribution is -0.119. The van der Waals surface area contributed by atoms with E-state index >= 15 is 0 Å². The predicted octanol–water partition coefficient (Wildman–Crippen LogP) is 2.90. The van der Waals surface area contributed by atoms with Crippen molar-refractivity contribution in [1.29, 1.82) is 0 Å². The first-order valence-corrected chi connectivity index (χ1v) is 7.40. The van der Waals surface area contributed by atoms with Crippen molar-refractivity contribution >= 4 is 12.0 Å². The average Bonchev–Trinajstić information content (AvgIpc) is 2.45. The summed E-state index contributed by atoms with van der Waals surface area (Å²) < 4.78 is 13.1. The van der Waals surface area contributed by atoms with Gasteiger partial charge in [0.2, 0.25) is 5.91 Å². The largest absolute Gasteiger partial charge is 0.394 e. The molecule has 2 N–H and O–H groups in total. The van der Waals surface area contributed by atoms with Gasteiger partial charge in [0.25, 0.3) is 0 Å². The van der Waals surface area contributed by atoms with E-state index in [-0.39, 0.29) is 18.3 Å². The van der Waals surface area contributed by atoms with E-state index in [4.69, 9.17) is 0 Å². The number of hydrogen-bond acceptors (Lipinski definition) is 2. The second kappa shape index (κ2) is 6.85. The number of benzene rings is 1. The van der Waals surface area contributed by atoms with E-state index in [0.717, 1.165) is 25.7 Å². The number of rotatable bonds is 4. The molecule has 114 valence electrons. The molecule has 0 spiro atoms. The Morgan fingerprint density at radius 2 is 2.38 bits per heavy atom. The SMILES string of the molecule is CC1CCCC(CO)(NC(=O)C=Cc2cccc(F)c2)C1. The van der Waals surface area contributed by atoms with E-state index in [9.17, 15) is 14.3 Å². The topological polar surface area (TPSA) is 49.3 Å². The molecule has 1 aliphatic rings. The Balaban J connectivity index is 2.00. The van der Waals surface area contributed by atoms with Crippen molar-refractivity contribution in [3.63, 3.8) is 0 Å². The highest BCUT2D eigenvalue weighted by atomic mass is 19.1. The lowest BCUT2D eigenvalue weighted by Gasteiger charge is -2.39. The van der Waals surface area contributed by atoms with Crippen LogP contribution in [0.2, 0.25) is 0 Å². The molecular formula is C17H22FNO2. The fourth-order valence-corrected chi connectivity index (χ4v) is 3.04. The number of carbonyl (C=O) groups is 1. The van der Waals surface area contributed by atoms with E-state index in [1.54, 1.807) is 18.2 Å². The van der Waals surface area contributed by atoms with Crippen LogP contribution in [-0.4, -0.2) is 23.2 Å². The van der Waals surface area contributed by atoms with Gasteiger partial charge in [-0.1, -0.05) is 31.9 Å². The van der Waals surface area contributed by atoms with Gasteiger partial charge in [-0.15, -0.1) is 0 Å². The monoisotopic (exact) mass is 291 g/mol. The van der Waals surface area contributed by atoms with Gasteiger partial charge in [-0.3, -0.25) is 4.79 Å². The molecule has 2 unspecified atom stereocenters. The van der Waals surface area contributed by atoms with Crippen molar-refractivity contribution in [2.75, 3.05) is 6.61 Å². The number of amides is 1. The minimum Gasteiger partial charge on any atom is -0.394 e. The first-order chi connectivity index (χ1) is 10.0. The van der Waals surface area contributed by atoms with Gasteiger partial charge in [0.05, 0.1) is 12.1 Å². The minimum absolute atomic E-state index is 0.0448. The van der Waals surface area contributed by atoms with Crippen molar-refractivity contribution in [2.45, 2.75) is 38.1 Å². The summed E-state index contributed by atoms with van der Waals surface area (Å²) in [6.07, 6.45) is 6.71. The fraction of sp³-hybridized carbons (Fsp3) is 0.471. The smallest absolute Gasteiger partial charge is 0.244 e. The van der Waals surface area contributed by atoms with Crippen LogP contribution < -0.4 is 5.32 Å². The first-order valence-electron chi connectivity index (χ1n) is 7.40. The number of aliphatic hydroxyl groups is 1. The summed E-state index contributed by atoms with van der Waals surface area (Å²) in [5.74, 6) is -0.0775. The summed E-state index contributed by atoms with van der Waals surface area (Å²) in [4.78, 5) is 12.0. The Hall–Kier alpha value is -1.68. The third-order valence-electron chi connectivity index (χ3n) is 4.06. The molecule has 21 heavy (non-hydrogen) atoms. The Morgan fingerprint density at radius 1 is 1.57 bits per heavy atom. The van der Waals surface area contributed by atoms with Crippen LogP contribution >= 0.6 is 0 Å². The average molecular weight is 291 g/mol. The molecule has 1 aromatic carbocycles. The number of nitrogens with one attached hydrogen (secondary N) is 1. The van der Waals surface area contributed by atoms with Crippen LogP contribution in [0.1, 0.15) is 38.2 Å². The van der Waals surface area contributed by atoms with Crippen molar-refractivity contribution < 1.29 is 14.3 Å². The summed E-state index contributed by atoms with van der Waals surface area (Å²) in [5, 5.41) is 12.6. The van der Waals surface area contributed by atoms with Gasteiger partial charge in [-0.2, -0.15) is 0 Å². The summed E-state index contributed by atoms with van der Waals surface area (Å²) in [7, 11) is 0. The molecule has 0 radical (unpaired) electrons. The highest BCUT2D eigenvalue weighted by Gasteiger charge is 2.35. The molecule has 0 aromatic heterocycles. The van der Waals surface area contributed by atoms with E-state index in [1.807, 2.05) is 0 Å². The van der Waals surface area contributed by atoms with Gasteiger partial charge >= 0.3 is 0 Å². The Bertz CT molecular complexity index is 529. The Morgan fingerprint density at radius 3 is 3.05 bits per heavy atom. The molecule has 0 aliphatic heterocycles. The van der Waals surface area contributed by atoms with Crippen LogP contribution in [0.3, 0.4) is 0 Å². The van der Waals surface area contributed by atoms with Gasteiger partial charge in [-0.25, -0.2) is 4.39 Å². The van der Waals surface area contributed by atoms with E-state index in [1.165, 1.54) is 18.2 Å². The molecule has 0 saturated heterocycles. The highest BCUT2D eigenvalue weighted by molar-refractivity contribution is 5.92. The molecule has 1 amide bonds. The lowest BCUT2D eigenvalue weighted by atomic mass is 9.77. The molecule has 4 heteroatoms. The quantitative estimate of drug-likeness (QED) is 0.838. The number of aliphatic hydroxyl groups excluding tert-OH is 1. The Labute approximate surface area is 124 Å². The van der Waals surface area contributed by atoms with Crippen LogP contribution in [0.15, 0.2) is 30.3 Å². The summed E-state index contributed by atoms with van der Waals surface area (Å²) in [5.41, 5.74) is 0.126. The molecular weight excluding hydrogens is 269 g/mol. The molecule has 1 fully saturated rings. The van der Waals surface area contributed by atoms with Crippen LogP contribution in [0, 0.1) is 11.7 Å². The van der Waals surface area contributed by atoms with Crippen molar-refractivity contribution in [1.82, 2.24) is 5.32 Å². The molecule has 1 aromatic rings. The molecule has 1 aliphatic carbocycles. The zero-order chi connectivity index (χ0) is 15.3.